The SMILES string of the molecule is CC(C)C(=O)NC(CS(N=O)(N=O)N=O)C(=O)NCCC(=O)N1Cc2ccccc2C#Cc2ccccc21. The summed E-state index contributed by atoms with van der Waals surface area (Å²) < 4.78 is 7.29. The lowest BCUT2D eigenvalue weighted by Gasteiger charge is -2.26. The number of carbonyl (C=O) groups excluding carboxylic acids is 3. The number of carbonyl (C=O) groups is 3. The number of nitroso groups, excluding NO2 is 3. The number of anilines is 1. The van der Waals surface area contributed by atoms with Crippen LogP contribution in [0.5, 0.6) is 0 Å². The van der Waals surface area contributed by atoms with Crippen LogP contribution in [0.3, 0.4) is 0 Å². The molecule has 3 amide bonds. The third-order valence-electron chi connectivity index (χ3n) is 5.72. The summed E-state index contributed by atoms with van der Waals surface area (Å²) in [6.45, 7) is 3.29. The van der Waals surface area contributed by atoms with Crippen molar-refractivity contribution in [1.29, 1.82) is 0 Å². The zero-order chi connectivity index (χ0) is 27.7. The fraction of sp³-hybridized carbons (Fsp3) is 0.320. The smallest absolute Gasteiger partial charge is 0.243 e. The van der Waals surface area contributed by atoms with Gasteiger partial charge in [0, 0.05) is 43.8 Å². The van der Waals surface area contributed by atoms with Gasteiger partial charge < -0.3 is 15.5 Å². The summed E-state index contributed by atoms with van der Waals surface area (Å²) >= 11 is 0. The summed E-state index contributed by atoms with van der Waals surface area (Å²) in [6, 6.07) is 13.3. The molecule has 0 aliphatic carbocycles. The first kappa shape index (κ1) is 28.1. The van der Waals surface area contributed by atoms with Crippen molar-refractivity contribution in [2.45, 2.75) is 32.9 Å². The molecule has 38 heavy (non-hydrogen) atoms. The predicted octanol–water partition coefficient (Wildman–Crippen LogP) is 3.43. The highest BCUT2D eigenvalue weighted by Gasteiger charge is 2.37. The van der Waals surface area contributed by atoms with Crippen LogP contribution in [0.4, 0.5) is 5.69 Å². The van der Waals surface area contributed by atoms with Gasteiger partial charge in [-0.25, -0.2) is 0 Å². The quantitative estimate of drug-likeness (QED) is 0.328. The fourth-order valence-electron chi connectivity index (χ4n) is 3.64. The summed E-state index contributed by atoms with van der Waals surface area (Å²) in [7, 11) is -3.81. The molecule has 13 heteroatoms. The van der Waals surface area contributed by atoms with Gasteiger partial charge >= 0.3 is 0 Å². The van der Waals surface area contributed by atoms with Gasteiger partial charge in [0.05, 0.1) is 18.0 Å². The third kappa shape index (κ3) is 6.65. The van der Waals surface area contributed by atoms with E-state index in [4.69, 9.17) is 0 Å². The minimum absolute atomic E-state index is 0.109. The lowest BCUT2D eigenvalue weighted by atomic mass is 10.0. The van der Waals surface area contributed by atoms with E-state index in [1.165, 1.54) is 0 Å². The van der Waals surface area contributed by atoms with Gasteiger partial charge in [-0.15, -0.1) is 14.7 Å². The number of hydrogen-bond acceptors (Lipinski definition) is 9. The molecule has 12 nitrogen and oxygen atoms in total. The molecule has 1 heterocycles. The van der Waals surface area contributed by atoms with E-state index in [2.05, 4.69) is 36.2 Å². The fourth-order valence-corrected chi connectivity index (χ4v) is 4.58. The van der Waals surface area contributed by atoms with Gasteiger partial charge in [-0.1, -0.05) is 56.0 Å². The molecule has 0 bridgehead atoms. The Morgan fingerprint density at radius 3 is 2.18 bits per heavy atom. The summed E-state index contributed by atoms with van der Waals surface area (Å²) in [5, 5.41) is 4.89. The van der Waals surface area contributed by atoms with Crippen molar-refractivity contribution < 1.29 is 14.4 Å². The van der Waals surface area contributed by atoms with Crippen LogP contribution in [-0.4, -0.2) is 36.1 Å². The van der Waals surface area contributed by atoms with Crippen molar-refractivity contribution in [3.8, 4) is 11.8 Å². The number of amides is 3. The molecule has 0 saturated carbocycles. The van der Waals surface area contributed by atoms with E-state index in [-0.39, 0.29) is 25.4 Å². The maximum atomic E-state index is 13.3. The van der Waals surface area contributed by atoms with E-state index >= 15 is 0 Å². The van der Waals surface area contributed by atoms with E-state index in [1.807, 2.05) is 36.4 Å². The summed E-state index contributed by atoms with van der Waals surface area (Å²) in [5.74, 6) is 3.26. The van der Waals surface area contributed by atoms with Crippen molar-refractivity contribution in [2.75, 3.05) is 17.2 Å². The Bertz CT molecular complexity index is 1300. The minimum Gasteiger partial charge on any atom is -0.354 e. The number of fused-ring (bicyclic) bond motifs is 2. The van der Waals surface area contributed by atoms with E-state index < -0.39 is 40.1 Å². The molecular weight excluding hydrogens is 512 g/mol. The van der Waals surface area contributed by atoms with Gasteiger partial charge in [0.2, 0.25) is 17.7 Å². The van der Waals surface area contributed by atoms with Crippen molar-refractivity contribution in [3.63, 3.8) is 0 Å². The monoisotopic (exact) mass is 538 g/mol. The molecule has 0 fully saturated rings. The molecule has 1 atom stereocenters. The molecule has 0 spiro atoms. The first-order chi connectivity index (χ1) is 18.2. The van der Waals surface area contributed by atoms with Gasteiger partial charge in [0.25, 0.3) is 0 Å². The molecule has 3 rings (SSSR count). The normalized spacial score (nSPS) is 13.3. The minimum atomic E-state index is -3.81. The van der Waals surface area contributed by atoms with Gasteiger partial charge in [-0.2, -0.15) is 0 Å². The molecule has 2 aromatic rings. The number of rotatable bonds is 11. The maximum Gasteiger partial charge on any atom is 0.243 e. The molecule has 198 valence electrons. The molecule has 2 aromatic carbocycles. The molecule has 1 unspecified atom stereocenters. The van der Waals surface area contributed by atoms with E-state index in [9.17, 15) is 29.1 Å². The zero-order valence-electron chi connectivity index (χ0n) is 20.7. The predicted molar refractivity (Wildman–Crippen MR) is 144 cm³/mol. The van der Waals surface area contributed by atoms with Gasteiger partial charge in [0.1, 0.15) is 6.04 Å². The number of para-hydroxylation sites is 1. The van der Waals surface area contributed by atoms with Gasteiger partial charge in [-0.3, -0.25) is 14.4 Å². The highest BCUT2D eigenvalue weighted by Crippen LogP contribution is 2.52. The van der Waals surface area contributed by atoms with Gasteiger partial charge in [-0.05, 0) is 23.8 Å². The largest absolute Gasteiger partial charge is 0.354 e. The first-order valence-electron chi connectivity index (χ1n) is 11.7. The molecular formula is C25H26N6O6S. The summed E-state index contributed by atoms with van der Waals surface area (Å²) in [4.78, 5) is 73.2. The van der Waals surface area contributed by atoms with Crippen molar-refractivity contribution in [2.24, 2.45) is 19.7 Å². The highest BCUT2D eigenvalue weighted by atomic mass is 32.3. The van der Waals surface area contributed by atoms with Crippen LogP contribution >= 0.6 is 10.6 Å². The van der Waals surface area contributed by atoms with E-state index in [1.54, 1.807) is 30.9 Å². The topological polar surface area (TPSA) is 167 Å². The number of nitrogens with zero attached hydrogens (tertiary/aromatic N) is 4. The Labute approximate surface area is 220 Å². The number of hydrogen-bond donors (Lipinski definition) is 2. The Hall–Kier alpha value is -4.44. The van der Waals surface area contributed by atoms with Crippen LogP contribution < -0.4 is 15.5 Å². The molecule has 2 N–H and O–H groups in total. The third-order valence-corrected chi connectivity index (χ3v) is 7.21. The summed E-state index contributed by atoms with van der Waals surface area (Å²) in [5.41, 5.74) is 2.98. The van der Waals surface area contributed by atoms with Crippen molar-refractivity contribution in [3.05, 3.63) is 79.9 Å². The second-order valence-corrected chi connectivity index (χ2v) is 10.7. The Balaban J connectivity index is 1.75. The van der Waals surface area contributed by atoms with Crippen LogP contribution in [0.25, 0.3) is 0 Å². The molecule has 1 aliphatic rings. The average molecular weight is 539 g/mol. The standard InChI is InChI=1S/C25H26N6O6S/c1-17(2)24(33)27-21(16-38(28-35,29-36)30-37)25(34)26-14-13-23(32)31-15-20-9-4-3-7-18(20)11-12-19-8-5-6-10-22(19)31/h3-10,17,21H,13-16H2,1-2H3,(H,26,34)(H,27,33). The molecule has 0 radical (unpaired) electrons. The zero-order valence-corrected chi connectivity index (χ0v) is 21.6. The first-order valence-corrected chi connectivity index (χ1v) is 13.3. The van der Waals surface area contributed by atoms with Crippen molar-refractivity contribution in [1.82, 2.24) is 10.6 Å². The Morgan fingerprint density at radius 2 is 1.53 bits per heavy atom. The van der Waals surface area contributed by atoms with E-state index in [0.717, 1.165) is 11.1 Å². The van der Waals surface area contributed by atoms with Crippen LogP contribution in [0.15, 0.2) is 62.3 Å². The van der Waals surface area contributed by atoms with Gasteiger partial charge in [0.15, 0.2) is 10.6 Å². The second kappa shape index (κ2) is 12.7. The molecule has 1 aliphatic heterocycles. The van der Waals surface area contributed by atoms with Crippen LogP contribution in [0.1, 0.15) is 37.0 Å². The lowest BCUT2D eigenvalue weighted by Crippen LogP contribution is -2.50. The van der Waals surface area contributed by atoms with Crippen LogP contribution in [-0.2, 0) is 20.9 Å². The maximum absolute atomic E-state index is 13.3. The molecule has 0 saturated heterocycles. The van der Waals surface area contributed by atoms with E-state index in [0.29, 0.717) is 11.3 Å². The highest BCUT2D eigenvalue weighted by molar-refractivity contribution is 8.30. The van der Waals surface area contributed by atoms with Crippen LogP contribution in [0.2, 0.25) is 0 Å². The summed E-state index contributed by atoms with van der Waals surface area (Å²) in [6.07, 6.45) is -0.109. The average Bonchev–Trinajstić information content (AvgIpc) is 2.92. The number of benzene rings is 2. The lowest BCUT2D eigenvalue weighted by molar-refractivity contribution is -0.130. The van der Waals surface area contributed by atoms with Crippen molar-refractivity contribution >= 4 is 34.0 Å². The second-order valence-electron chi connectivity index (χ2n) is 8.68. The van der Waals surface area contributed by atoms with Crippen LogP contribution in [0, 0.1) is 32.5 Å². The Kier molecular flexibility index (Phi) is 9.39. The molecule has 0 aromatic heterocycles. The Morgan fingerprint density at radius 1 is 0.921 bits per heavy atom. The number of nitrogens with one attached hydrogen (secondary N) is 2.